The fourth-order valence-electron chi connectivity index (χ4n) is 1.53. The Morgan fingerprint density at radius 2 is 1.89 bits per heavy atom. The van der Waals surface area contributed by atoms with Crippen molar-refractivity contribution in [2.24, 2.45) is 0 Å². The number of pyridine rings is 1. The summed E-state index contributed by atoms with van der Waals surface area (Å²) in [5.74, 6) is 0.620. The average molecular weight is 241 g/mol. The lowest BCUT2D eigenvalue weighted by Gasteiger charge is -2.16. The van der Waals surface area contributed by atoms with E-state index in [1.54, 1.807) is 19.3 Å². The standard InChI is InChI=1S/C14H15N3O/c1-17(13-9-5-6-10-15-13)14(18)11-16-12-7-3-2-4-8-12/h2-10,16H,11H2,1H3. The first-order chi connectivity index (χ1) is 8.77. The number of hydrogen-bond acceptors (Lipinski definition) is 3. The van der Waals surface area contributed by atoms with Crippen LogP contribution < -0.4 is 10.2 Å². The molecule has 1 heterocycles. The minimum absolute atomic E-state index is 0.0300. The van der Waals surface area contributed by atoms with E-state index in [4.69, 9.17) is 0 Å². The van der Waals surface area contributed by atoms with Crippen LogP contribution >= 0.6 is 0 Å². The molecule has 0 fully saturated rings. The van der Waals surface area contributed by atoms with Crippen molar-refractivity contribution in [3.63, 3.8) is 0 Å². The summed E-state index contributed by atoms with van der Waals surface area (Å²) in [6.45, 7) is 0.247. The maximum Gasteiger partial charge on any atom is 0.247 e. The molecule has 92 valence electrons. The zero-order valence-corrected chi connectivity index (χ0v) is 10.2. The van der Waals surface area contributed by atoms with E-state index in [2.05, 4.69) is 10.3 Å². The fourth-order valence-corrected chi connectivity index (χ4v) is 1.53. The van der Waals surface area contributed by atoms with Crippen molar-refractivity contribution in [1.82, 2.24) is 4.98 Å². The third-order valence-electron chi connectivity index (χ3n) is 2.58. The highest BCUT2D eigenvalue weighted by molar-refractivity contribution is 5.94. The molecule has 0 spiro atoms. The van der Waals surface area contributed by atoms with Gasteiger partial charge in [0.2, 0.25) is 5.91 Å². The quantitative estimate of drug-likeness (QED) is 0.892. The van der Waals surface area contributed by atoms with E-state index in [1.165, 1.54) is 4.90 Å². The lowest BCUT2D eigenvalue weighted by molar-refractivity contribution is -0.116. The second-order valence-electron chi connectivity index (χ2n) is 3.86. The normalized spacial score (nSPS) is 9.83. The number of nitrogens with zero attached hydrogens (tertiary/aromatic N) is 2. The predicted octanol–water partition coefficient (Wildman–Crippen LogP) is 2.16. The van der Waals surface area contributed by atoms with Gasteiger partial charge in [0.25, 0.3) is 0 Å². The third-order valence-corrected chi connectivity index (χ3v) is 2.58. The number of carbonyl (C=O) groups excluding carboxylic acids is 1. The summed E-state index contributed by atoms with van der Waals surface area (Å²) in [6, 6.07) is 15.1. The average Bonchev–Trinajstić information content (AvgIpc) is 2.46. The molecule has 2 aromatic rings. The molecule has 0 saturated heterocycles. The van der Waals surface area contributed by atoms with Crippen LogP contribution in [0.5, 0.6) is 0 Å². The maximum atomic E-state index is 11.9. The van der Waals surface area contributed by atoms with Gasteiger partial charge in [0.05, 0.1) is 6.54 Å². The van der Waals surface area contributed by atoms with Crippen molar-refractivity contribution in [3.05, 3.63) is 54.7 Å². The van der Waals surface area contributed by atoms with Crippen molar-refractivity contribution in [3.8, 4) is 0 Å². The molecular formula is C14H15N3O. The van der Waals surface area contributed by atoms with Crippen LogP contribution in [0.3, 0.4) is 0 Å². The summed E-state index contributed by atoms with van der Waals surface area (Å²) in [5, 5.41) is 3.08. The SMILES string of the molecule is CN(C(=O)CNc1ccccc1)c1ccccn1. The highest BCUT2D eigenvalue weighted by Gasteiger charge is 2.10. The van der Waals surface area contributed by atoms with E-state index in [-0.39, 0.29) is 12.5 Å². The number of likely N-dealkylation sites (N-methyl/N-ethyl adjacent to an activating group) is 1. The molecule has 0 unspecified atom stereocenters. The van der Waals surface area contributed by atoms with E-state index in [1.807, 2.05) is 42.5 Å². The fraction of sp³-hybridized carbons (Fsp3) is 0.143. The van der Waals surface area contributed by atoms with Gasteiger partial charge in [0, 0.05) is 18.9 Å². The van der Waals surface area contributed by atoms with Gasteiger partial charge < -0.3 is 5.32 Å². The number of para-hydroxylation sites is 1. The second kappa shape index (κ2) is 5.82. The zero-order valence-electron chi connectivity index (χ0n) is 10.2. The molecule has 1 aromatic heterocycles. The lowest BCUT2D eigenvalue weighted by Crippen LogP contribution is -2.32. The van der Waals surface area contributed by atoms with Crippen molar-refractivity contribution in [2.45, 2.75) is 0 Å². The number of aromatic nitrogens is 1. The van der Waals surface area contributed by atoms with Gasteiger partial charge in [-0.3, -0.25) is 9.69 Å². The molecule has 1 aromatic carbocycles. The Labute approximate surface area is 106 Å². The summed E-state index contributed by atoms with van der Waals surface area (Å²) in [7, 11) is 1.72. The molecule has 0 aliphatic rings. The molecule has 0 bridgehead atoms. The van der Waals surface area contributed by atoms with Crippen LogP contribution in [0.1, 0.15) is 0 Å². The summed E-state index contributed by atoms with van der Waals surface area (Å²) in [5.41, 5.74) is 0.931. The molecule has 2 rings (SSSR count). The van der Waals surface area contributed by atoms with Crippen LogP contribution in [0.15, 0.2) is 54.7 Å². The topological polar surface area (TPSA) is 45.2 Å². The highest BCUT2D eigenvalue weighted by Crippen LogP contribution is 2.08. The van der Waals surface area contributed by atoms with Crippen molar-refractivity contribution >= 4 is 17.4 Å². The third kappa shape index (κ3) is 3.07. The highest BCUT2D eigenvalue weighted by atomic mass is 16.2. The minimum atomic E-state index is -0.0300. The molecule has 18 heavy (non-hydrogen) atoms. The molecule has 0 radical (unpaired) electrons. The van der Waals surface area contributed by atoms with Gasteiger partial charge in [-0.1, -0.05) is 24.3 Å². The first kappa shape index (κ1) is 12.1. The second-order valence-corrected chi connectivity index (χ2v) is 3.86. The molecule has 1 N–H and O–H groups in total. The number of anilines is 2. The van der Waals surface area contributed by atoms with Crippen molar-refractivity contribution in [2.75, 3.05) is 23.8 Å². The molecule has 4 nitrogen and oxygen atoms in total. The first-order valence-electron chi connectivity index (χ1n) is 5.74. The molecule has 1 amide bonds. The number of rotatable bonds is 4. The van der Waals surface area contributed by atoms with E-state index in [9.17, 15) is 4.79 Å². The van der Waals surface area contributed by atoms with Crippen LogP contribution in [0.25, 0.3) is 0 Å². The largest absolute Gasteiger partial charge is 0.376 e. The molecule has 4 heteroatoms. The number of benzene rings is 1. The van der Waals surface area contributed by atoms with E-state index < -0.39 is 0 Å². The summed E-state index contributed by atoms with van der Waals surface area (Å²) in [6.07, 6.45) is 1.67. The van der Waals surface area contributed by atoms with Crippen LogP contribution in [0, 0.1) is 0 Å². The molecule has 0 saturated carbocycles. The van der Waals surface area contributed by atoms with Gasteiger partial charge in [-0.2, -0.15) is 0 Å². The van der Waals surface area contributed by atoms with E-state index in [0.29, 0.717) is 5.82 Å². The van der Waals surface area contributed by atoms with Gasteiger partial charge in [-0.05, 0) is 24.3 Å². The van der Waals surface area contributed by atoms with Crippen molar-refractivity contribution in [1.29, 1.82) is 0 Å². The lowest BCUT2D eigenvalue weighted by atomic mass is 10.3. The minimum Gasteiger partial charge on any atom is -0.376 e. The Balaban J connectivity index is 1.93. The van der Waals surface area contributed by atoms with Crippen LogP contribution in [-0.4, -0.2) is 24.5 Å². The van der Waals surface area contributed by atoms with E-state index >= 15 is 0 Å². The molecular weight excluding hydrogens is 226 g/mol. The number of hydrogen-bond donors (Lipinski definition) is 1. The van der Waals surface area contributed by atoms with Gasteiger partial charge in [0.15, 0.2) is 0 Å². The molecule has 0 aliphatic carbocycles. The molecule has 0 atom stereocenters. The number of nitrogens with one attached hydrogen (secondary N) is 1. The summed E-state index contributed by atoms with van der Waals surface area (Å²) in [4.78, 5) is 17.6. The van der Waals surface area contributed by atoms with Gasteiger partial charge >= 0.3 is 0 Å². The Bertz CT molecular complexity index is 499. The zero-order chi connectivity index (χ0) is 12.8. The number of carbonyl (C=O) groups is 1. The first-order valence-corrected chi connectivity index (χ1v) is 5.74. The van der Waals surface area contributed by atoms with Crippen LogP contribution in [0.4, 0.5) is 11.5 Å². The summed E-state index contributed by atoms with van der Waals surface area (Å²) < 4.78 is 0. The van der Waals surface area contributed by atoms with Gasteiger partial charge in [-0.15, -0.1) is 0 Å². The van der Waals surface area contributed by atoms with Gasteiger partial charge in [0.1, 0.15) is 5.82 Å². The van der Waals surface area contributed by atoms with Crippen molar-refractivity contribution < 1.29 is 4.79 Å². The Hall–Kier alpha value is -2.36. The predicted molar refractivity (Wildman–Crippen MR) is 72.6 cm³/mol. The van der Waals surface area contributed by atoms with Gasteiger partial charge in [-0.25, -0.2) is 4.98 Å². The Morgan fingerprint density at radius 3 is 2.56 bits per heavy atom. The monoisotopic (exact) mass is 241 g/mol. The smallest absolute Gasteiger partial charge is 0.247 e. The number of amides is 1. The van der Waals surface area contributed by atoms with Crippen LogP contribution in [0.2, 0.25) is 0 Å². The van der Waals surface area contributed by atoms with E-state index in [0.717, 1.165) is 5.69 Å². The molecule has 0 aliphatic heterocycles. The maximum absolute atomic E-state index is 11.9. The van der Waals surface area contributed by atoms with Crippen LogP contribution in [-0.2, 0) is 4.79 Å². The summed E-state index contributed by atoms with van der Waals surface area (Å²) >= 11 is 0. The Morgan fingerprint density at radius 1 is 1.17 bits per heavy atom. The Kier molecular flexibility index (Phi) is 3.91.